The number of nitrogens with zero attached hydrogens (tertiary/aromatic N) is 1. The summed E-state index contributed by atoms with van der Waals surface area (Å²) < 4.78 is 13.0. The maximum Gasteiger partial charge on any atom is 0.149 e. The molecule has 0 amide bonds. The van der Waals surface area contributed by atoms with Crippen LogP contribution in [0.25, 0.3) is 0 Å². The Kier molecular flexibility index (Phi) is 4.48. The summed E-state index contributed by atoms with van der Waals surface area (Å²) in [7, 11) is 1.91. The molecule has 2 nitrogen and oxygen atoms in total. The molecule has 0 N–H and O–H groups in total. The van der Waals surface area contributed by atoms with Crippen LogP contribution in [-0.2, 0) is 11.3 Å². The first kappa shape index (κ1) is 13.2. The molecule has 0 saturated heterocycles. The van der Waals surface area contributed by atoms with E-state index in [1.54, 1.807) is 6.07 Å². The number of Topliss-reactive ketones (excluding diaryl/α,β-unsaturated/α-hetero) is 1. The van der Waals surface area contributed by atoms with Crippen LogP contribution >= 0.6 is 0 Å². The van der Waals surface area contributed by atoms with Crippen LogP contribution in [0, 0.1) is 11.7 Å². The van der Waals surface area contributed by atoms with E-state index >= 15 is 0 Å². The summed E-state index contributed by atoms with van der Waals surface area (Å²) >= 11 is 0. The molecule has 0 heterocycles. The average Bonchev–Trinajstić information content (AvgIpc) is 2.81. The lowest BCUT2D eigenvalue weighted by atomic mass is 10.0. The van der Waals surface area contributed by atoms with E-state index in [0.29, 0.717) is 18.9 Å². The minimum atomic E-state index is -0.219. The Hall–Kier alpha value is -1.22. The van der Waals surface area contributed by atoms with Crippen molar-refractivity contribution in [1.29, 1.82) is 0 Å². The first-order valence-electron chi connectivity index (χ1n) is 6.61. The molecule has 0 aliphatic heterocycles. The van der Waals surface area contributed by atoms with Crippen LogP contribution < -0.4 is 0 Å². The first-order valence-corrected chi connectivity index (χ1v) is 6.61. The summed E-state index contributed by atoms with van der Waals surface area (Å²) in [4.78, 5) is 14.0. The minimum absolute atomic E-state index is 0.219. The number of hydrogen-bond donors (Lipinski definition) is 0. The van der Waals surface area contributed by atoms with E-state index in [2.05, 4.69) is 0 Å². The molecular formula is C15H20FNO. The van der Waals surface area contributed by atoms with Gasteiger partial charge in [0.05, 0.1) is 6.54 Å². The van der Waals surface area contributed by atoms with Crippen molar-refractivity contribution in [3.8, 4) is 0 Å². The highest BCUT2D eigenvalue weighted by atomic mass is 19.1. The van der Waals surface area contributed by atoms with Crippen molar-refractivity contribution < 1.29 is 9.18 Å². The molecule has 1 aliphatic rings. The fourth-order valence-corrected chi connectivity index (χ4v) is 2.65. The fourth-order valence-electron chi connectivity index (χ4n) is 2.65. The van der Waals surface area contributed by atoms with Gasteiger partial charge < -0.3 is 0 Å². The third-order valence-electron chi connectivity index (χ3n) is 3.58. The zero-order valence-corrected chi connectivity index (χ0v) is 10.9. The molecule has 1 aromatic rings. The van der Waals surface area contributed by atoms with Gasteiger partial charge in [0.2, 0.25) is 0 Å². The van der Waals surface area contributed by atoms with Gasteiger partial charge in [0.1, 0.15) is 11.6 Å². The van der Waals surface area contributed by atoms with Crippen LogP contribution in [0.4, 0.5) is 4.39 Å². The zero-order valence-electron chi connectivity index (χ0n) is 10.9. The highest BCUT2D eigenvalue weighted by molar-refractivity contribution is 5.83. The topological polar surface area (TPSA) is 20.3 Å². The van der Waals surface area contributed by atoms with Crippen LogP contribution in [0.15, 0.2) is 24.3 Å². The van der Waals surface area contributed by atoms with Gasteiger partial charge in [-0.25, -0.2) is 4.39 Å². The molecule has 18 heavy (non-hydrogen) atoms. The summed E-state index contributed by atoms with van der Waals surface area (Å²) in [6.45, 7) is 1.09. The number of carbonyl (C=O) groups is 1. The Bertz CT molecular complexity index is 413. The van der Waals surface area contributed by atoms with E-state index < -0.39 is 0 Å². The van der Waals surface area contributed by atoms with E-state index in [9.17, 15) is 9.18 Å². The Balaban J connectivity index is 1.84. The molecule has 98 valence electrons. The molecule has 0 bridgehead atoms. The third-order valence-corrected chi connectivity index (χ3v) is 3.58. The van der Waals surface area contributed by atoms with Gasteiger partial charge in [0.15, 0.2) is 0 Å². The molecule has 0 radical (unpaired) electrons. The quantitative estimate of drug-likeness (QED) is 0.799. The number of ketones is 1. The molecule has 0 spiro atoms. The smallest absolute Gasteiger partial charge is 0.149 e. The number of hydrogen-bond acceptors (Lipinski definition) is 2. The van der Waals surface area contributed by atoms with Gasteiger partial charge in [0.25, 0.3) is 0 Å². The van der Waals surface area contributed by atoms with Crippen molar-refractivity contribution in [1.82, 2.24) is 4.90 Å². The van der Waals surface area contributed by atoms with Crippen LogP contribution in [0.2, 0.25) is 0 Å². The van der Waals surface area contributed by atoms with Gasteiger partial charge in [-0.2, -0.15) is 0 Å². The van der Waals surface area contributed by atoms with Gasteiger partial charge in [-0.1, -0.05) is 25.0 Å². The Morgan fingerprint density at radius 1 is 1.39 bits per heavy atom. The average molecular weight is 249 g/mol. The van der Waals surface area contributed by atoms with Gasteiger partial charge in [0, 0.05) is 12.5 Å². The van der Waals surface area contributed by atoms with Crippen molar-refractivity contribution >= 4 is 5.78 Å². The van der Waals surface area contributed by atoms with Gasteiger partial charge in [-0.15, -0.1) is 0 Å². The normalized spacial score (nSPS) is 16.4. The number of rotatable bonds is 5. The standard InChI is InChI=1S/C15H20FNO/c1-17(10-12-5-4-8-14(16)9-12)11-15(18)13-6-2-3-7-13/h4-5,8-9,13H,2-3,6-7,10-11H2,1H3. The van der Waals surface area contributed by atoms with Crippen molar-refractivity contribution in [2.45, 2.75) is 32.2 Å². The highest BCUT2D eigenvalue weighted by Gasteiger charge is 2.23. The van der Waals surface area contributed by atoms with E-state index in [1.165, 1.54) is 25.0 Å². The lowest BCUT2D eigenvalue weighted by Gasteiger charge is -2.18. The van der Waals surface area contributed by atoms with Gasteiger partial charge in [-0.3, -0.25) is 9.69 Å². The zero-order chi connectivity index (χ0) is 13.0. The van der Waals surface area contributed by atoms with Crippen LogP contribution in [0.1, 0.15) is 31.2 Å². The lowest BCUT2D eigenvalue weighted by molar-refractivity contribution is -0.123. The molecule has 0 atom stereocenters. The molecule has 1 saturated carbocycles. The summed E-state index contributed by atoms with van der Waals surface area (Å²) in [5.41, 5.74) is 0.914. The Morgan fingerprint density at radius 3 is 2.78 bits per heavy atom. The van der Waals surface area contributed by atoms with Crippen molar-refractivity contribution in [2.75, 3.05) is 13.6 Å². The van der Waals surface area contributed by atoms with Crippen LogP contribution in [0.5, 0.6) is 0 Å². The van der Waals surface area contributed by atoms with Crippen molar-refractivity contribution in [3.63, 3.8) is 0 Å². The lowest BCUT2D eigenvalue weighted by Crippen LogP contribution is -2.29. The Labute approximate surface area is 108 Å². The monoisotopic (exact) mass is 249 g/mol. The predicted molar refractivity (Wildman–Crippen MR) is 69.7 cm³/mol. The molecule has 1 aliphatic carbocycles. The summed E-state index contributed by atoms with van der Waals surface area (Å²) in [6, 6.07) is 6.56. The van der Waals surface area contributed by atoms with Crippen molar-refractivity contribution in [3.05, 3.63) is 35.6 Å². The number of likely N-dealkylation sites (N-methyl/N-ethyl adjacent to an activating group) is 1. The molecule has 1 fully saturated rings. The van der Waals surface area contributed by atoms with Crippen LogP contribution in [0.3, 0.4) is 0 Å². The second kappa shape index (κ2) is 6.10. The van der Waals surface area contributed by atoms with E-state index in [4.69, 9.17) is 0 Å². The number of carbonyl (C=O) groups excluding carboxylic acids is 1. The fraction of sp³-hybridized carbons (Fsp3) is 0.533. The maximum absolute atomic E-state index is 13.0. The van der Waals surface area contributed by atoms with Gasteiger partial charge in [-0.05, 0) is 37.6 Å². The molecule has 0 unspecified atom stereocenters. The largest absolute Gasteiger partial charge is 0.298 e. The van der Waals surface area contributed by atoms with Crippen molar-refractivity contribution in [2.24, 2.45) is 5.92 Å². The second-order valence-corrected chi connectivity index (χ2v) is 5.25. The summed E-state index contributed by atoms with van der Waals surface area (Å²) in [6.07, 6.45) is 4.47. The number of benzene rings is 1. The SMILES string of the molecule is CN(CC(=O)C1CCCC1)Cc1cccc(F)c1. The second-order valence-electron chi connectivity index (χ2n) is 5.25. The molecule has 1 aromatic carbocycles. The predicted octanol–water partition coefficient (Wildman–Crippen LogP) is 3.02. The Morgan fingerprint density at radius 2 is 2.11 bits per heavy atom. The summed E-state index contributed by atoms with van der Waals surface area (Å²) in [5, 5.41) is 0. The van der Waals surface area contributed by atoms with Crippen LogP contribution in [-0.4, -0.2) is 24.3 Å². The molecule has 2 rings (SSSR count). The number of halogens is 1. The third kappa shape index (κ3) is 3.64. The van der Waals surface area contributed by atoms with E-state index in [1.807, 2.05) is 18.0 Å². The minimum Gasteiger partial charge on any atom is -0.298 e. The van der Waals surface area contributed by atoms with Gasteiger partial charge >= 0.3 is 0 Å². The first-order chi connectivity index (χ1) is 8.65. The van der Waals surface area contributed by atoms with E-state index in [-0.39, 0.29) is 11.7 Å². The van der Waals surface area contributed by atoms with E-state index in [0.717, 1.165) is 18.4 Å². The maximum atomic E-state index is 13.0. The summed E-state index contributed by atoms with van der Waals surface area (Å²) in [5.74, 6) is 0.384. The highest BCUT2D eigenvalue weighted by Crippen LogP contribution is 2.25. The molecular weight excluding hydrogens is 229 g/mol. The molecule has 0 aromatic heterocycles. The molecule has 3 heteroatoms.